The summed E-state index contributed by atoms with van der Waals surface area (Å²) in [5, 5.41) is 0.264. The highest BCUT2D eigenvalue weighted by molar-refractivity contribution is 8.13. The van der Waals surface area contributed by atoms with Gasteiger partial charge < -0.3 is 0 Å². The summed E-state index contributed by atoms with van der Waals surface area (Å²) in [4.78, 5) is 0. The molecule has 0 heterocycles. The van der Waals surface area contributed by atoms with E-state index < -0.39 is 11.3 Å². The molecule has 0 saturated heterocycles. The van der Waals surface area contributed by atoms with Gasteiger partial charge in [0.2, 0.25) is 0 Å². The number of halogens is 1. The van der Waals surface area contributed by atoms with Gasteiger partial charge in [-0.3, -0.25) is 0 Å². The highest BCUT2D eigenvalue weighted by Gasteiger charge is 2.00. The zero-order valence-corrected chi connectivity index (χ0v) is 6.00. The van der Waals surface area contributed by atoms with Crippen LogP contribution in [0.2, 0.25) is 0 Å². The zero-order chi connectivity index (χ0) is 5.86. The summed E-state index contributed by atoms with van der Waals surface area (Å²) in [5.41, 5.74) is 0.715. The number of thiol groups is 1. The van der Waals surface area contributed by atoms with Gasteiger partial charge in [-0.1, -0.05) is 13.8 Å². The molecule has 0 aromatic carbocycles. The van der Waals surface area contributed by atoms with Crippen molar-refractivity contribution in [2.45, 2.75) is 19.1 Å². The van der Waals surface area contributed by atoms with E-state index >= 15 is 0 Å². The Kier molecular flexibility index (Phi) is 3.53. The molecule has 0 fully saturated rings. The van der Waals surface area contributed by atoms with Gasteiger partial charge >= 0.3 is 0 Å². The highest BCUT2D eigenvalue weighted by Crippen LogP contribution is 2.29. The van der Waals surface area contributed by atoms with Gasteiger partial charge in [-0.2, -0.15) is 3.89 Å². The minimum atomic E-state index is -1.14. The first kappa shape index (κ1) is 7.34. The van der Waals surface area contributed by atoms with Gasteiger partial charge in [0.15, 0.2) is 0 Å². The molecule has 1 unspecified atom stereocenters. The molecule has 0 aliphatic heterocycles. The van der Waals surface area contributed by atoms with Crippen LogP contribution in [0, 0.1) is 0 Å². The lowest BCUT2D eigenvalue weighted by Gasteiger charge is -2.11. The Morgan fingerprint density at radius 1 is 1.71 bits per heavy atom. The fraction of sp³-hybridized carbons (Fsp3) is 1.00. The normalized spacial score (nSPS) is 17.4. The van der Waals surface area contributed by atoms with Crippen molar-refractivity contribution < 1.29 is 3.89 Å². The molecular weight excluding hydrogens is 110 g/mol. The van der Waals surface area contributed by atoms with Crippen molar-refractivity contribution in [2.75, 3.05) is 5.65 Å². The second kappa shape index (κ2) is 3.36. The van der Waals surface area contributed by atoms with E-state index in [0.29, 0.717) is 5.65 Å². The summed E-state index contributed by atoms with van der Waals surface area (Å²) in [6.45, 7) is 3.85. The Morgan fingerprint density at radius 2 is 2.14 bits per heavy atom. The van der Waals surface area contributed by atoms with Gasteiger partial charge in [-0.05, 0) is 5.65 Å². The molecule has 0 aliphatic rings. The van der Waals surface area contributed by atoms with E-state index in [0.717, 1.165) is 0 Å². The van der Waals surface area contributed by atoms with E-state index in [-0.39, 0.29) is 5.25 Å². The second-order valence-corrected chi connectivity index (χ2v) is 4.27. The average molecular weight is 122 g/mol. The zero-order valence-electron chi connectivity index (χ0n) is 5.11. The van der Waals surface area contributed by atoms with E-state index in [4.69, 9.17) is 0 Å². The van der Waals surface area contributed by atoms with E-state index in [1.807, 2.05) is 21.7 Å². The fourth-order valence-corrected chi connectivity index (χ4v) is 1.10. The predicted octanol–water partition coefficient (Wildman–Crippen LogP) is 0.871. The lowest BCUT2D eigenvalue weighted by Crippen LogP contribution is -1.95. The maximum atomic E-state index is 12.3. The van der Waals surface area contributed by atoms with Crippen LogP contribution >= 0.6 is 11.3 Å². The van der Waals surface area contributed by atoms with Gasteiger partial charge in [0.05, 0.1) is 0 Å². The van der Waals surface area contributed by atoms with Crippen molar-refractivity contribution in [3.05, 3.63) is 0 Å². The Labute approximate surface area is 48.5 Å². The monoisotopic (exact) mass is 122 g/mol. The van der Waals surface area contributed by atoms with Crippen LogP contribution < -0.4 is 0 Å². The molecule has 0 aromatic heterocycles. The van der Waals surface area contributed by atoms with E-state index in [1.165, 1.54) is 0 Å². The Hall–Kier alpha value is 0.345. The molecule has 0 saturated carbocycles. The summed E-state index contributed by atoms with van der Waals surface area (Å²) in [6, 6.07) is 0. The van der Waals surface area contributed by atoms with Crippen molar-refractivity contribution in [3.8, 4) is 0 Å². The lowest BCUT2D eigenvalue weighted by atomic mass is 10.2. The SMILES string of the molecule is BC[SH](F)C(C)C. The topological polar surface area (TPSA) is 0 Å². The molecule has 1 atom stereocenters. The Morgan fingerprint density at radius 3 is 2.14 bits per heavy atom. The molecule has 44 valence electrons. The van der Waals surface area contributed by atoms with Gasteiger partial charge in [0, 0.05) is 5.25 Å². The van der Waals surface area contributed by atoms with Crippen molar-refractivity contribution in [2.24, 2.45) is 0 Å². The lowest BCUT2D eigenvalue weighted by molar-refractivity contribution is 0.885. The third-order valence-electron chi connectivity index (χ3n) is 0.862. The molecular formula is C4H12BFS. The van der Waals surface area contributed by atoms with Crippen LogP contribution in [0.15, 0.2) is 0 Å². The first-order chi connectivity index (χ1) is 3.18. The first-order valence-electron chi connectivity index (χ1n) is 2.61. The van der Waals surface area contributed by atoms with E-state index in [2.05, 4.69) is 0 Å². The molecule has 0 aliphatic carbocycles. The Balaban J connectivity index is 3.14. The van der Waals surface area contributed by atoms with Crippen LogP contribution in [0.3, 0.4) is 0 Å². The van der Waals surface area contributed by atoms with Crippen molar-refractivity contribution in [1.82, 2.24) is 0 Å². The van der Waals surface area contributed by atoms with Crippen LogP contribution in [0.1, 0.15) is 13.8 Å². The third-order valence-corrected chi connectivity index (χ3v) is 2.59. The molecule has 0 nitrogen and oxygen atoms in total. The number of rotatable bonds is 2. The minimum absolute atomic E-state index is 0.264. The quantitative estimate of drug-likeness (QED) is 0.407. The molecule has 0 radical (unpaired) electrons. The molecule has 0 N–H and O–H groups in total. The summed E-state index contributed by atoms with van der Waals surface area (Å²) < 4.78 is 12.3. The number of hydrogen-bond acceptors (Lipinski definition) is 0. The van der Waals surface area contributed by atoms with Crippen LogP contribution in [0.4, 0.5) is 3.89 Å². The predicted molar refractivity (Wildman–Crippen MR) is 38.6 cm³/mol. The molecule has 0 rings (SSSR count). The van der Waals surface area contributed by atoms with E-state index in [9.17, 15) is 3.89 Å². The molecule has 0 aromatic rings. The molecule has 3 heteroatoms. The fourth-order valence-electron chi connectivity index (χ4n) is 0.365. The largest absolute Gasteiger partial charge is 0.193 e. The van der Waals surface area contributed by atoms with Crippen LogP contribution in [-0.4, -0.2) is 18.7 Å². The highest BCUT2D eigenvalue weighted by atomic mass is 32.2. The summed E-state index contributed by atoms with van der Waals surface area (Å²) in [6.07, 6.45) is 0. The van der Waals surface area contributed by atoms with Gasteiger partial charge in [-0.25, -0.2) is 0 Å². The molecule has 0 spiro atoms. The van der Waals surface area contributed by atoms with Crippen LogP contribution in [0.25, 0.3) is 0 Å². The van der Waals surface area contributed by atoms with Gasteiger partial charge in [0.25, 0.3) is 0 Å². The van der Waals surface area contributed by atoms with Gasteiger partial charge in [-0.15, -0.1) is 11.3 Å². The second-order valence-electron chi connectivity index (χ2n) is 1.81. The van der Waals surface area contributed by atoms with Gasteiger partial charge in [0.1, 0.15) is 7.85 Å². The summed E-state index contributed by atoms with van der Waals surface area (Å²) >= 11 is -1.14. The smallest absolute Gasteiger partial charge is 0.115 e. The average Bonchev–Trinajstić information content (AvgIpc) is 1.65. The maximum Gasteiger partial charge on any atom is 0.115 e. The summed E-state index contributed by atoms with van der Waals surface area (Å²) in [5.74, 6) is 0. The molecule has 0 amide bonds. The summed E-state index contributed by atoms with van der Waals surface area (Å²) in [7, 11) is 1.89. The van der Waals surface area contributed by atoms with Crippen LogP contribution in [-0.2, 0) is 0 Å². The standard InChI is InChI=1S/C4H12BFS/c1-4(2)7(6)3-5/h4,7H,3,5H2,1-2H3. The maximum absolute atomic E-state index is 12.3. The van der Waals surface area contributed by atoms with Crippen molar-refractivity contribution in [3.63, 3.8) is 0 Å². The van der Waals surface area contributed by atoms with Crippen molar-refractivity contribution >= 4 is 19.1 Å². The number of hydrogen-bond donors (Lipinski definition) is 1. The minimum Gasteiger partial charge on any atom is -0.193 e. The molecule has 7 heavy (non-hydrogen) atoms. The van der Waals surface area contributed by atoms with Crippen molar-refractivity contribution in [1.29, 1.82) is 0 Å². The van der Waals surface area contributed by atoms with E-state index in [1.54, 1.807) is 0 Å². The first-order valence-corrected chi connectivity index (χ1v) is 4.09. The molecule has 0 bridgehead atoms. The van der Waals surface area contributed by atoms with Crippen LogP contribution in [0.5, 0.6) is 0 Å². The Bertz CT molecular complexity index is 49.0. The third kappa shape index (κ3) is 2.98.